The van der Waals surface area contributed by atoms with E-state index < -0.39 is 35.8 Å². The van der Waals surface area contributed by atoms with Gasteiger partial charge in [0.1, 0.15) is 0 Å². The van der Waals surface area contributed by atoms with E-state index in [9.17, 15) is 17.6 Å². The predicted octanol–water partition coefficient (Wildman–Crippen LogP) is 8.79. The third-order valence-corrected chi connectivity index (χ3v) is 7.03. The molecule has 2 fully saturated rings. The van der Waals surface area contributed by atoms with Crippen molar-refractivity contribution in [3.8, 4) is 11.4 Å². The summed E-state index contributed by atoms with van der Waals surface area (Å²) in [5, 5.41) is 0. The molecule has 6 nitrogen and oxygen atoms in total. The second kappa shape index (κ2) is 18.7. The molecular formula is C38H34F4N2O4Ti. The molecule has 2 aliphatic rings. The van der Waals surface area contributed by atoms with Crippen molar-refractivity contribution in [3.63, 3.8) is 0 Å². The van der Waals surface area contributed by atoms with Crippen molar-refractivity contribution in [1.82, 2.24) is 9.13 Å². The summed E-state index contributed by atoms with van der Waals surface area (Å²) in [5.74, 6) is -2.94. The third kappa shape index (κ3) is 10.5. The van der Waals surface area contributed by atoms with Gasteiger partial charge in [-0.15, -0.1) is 36.4 Å². The standard InChI is InChI=1S/2C14H12F2NO2.2C5H5.Ti/c2*1-9-8-18-14(19-9)13-3-2-6-17(13)12-5-4-10(15)7-11(12)16;2*1-2-4-5-3-1;/h2*2-6,9,14H,8H2,1H3;2*1-5H;/q4*-1;+4. The Morgan fingerprint density at radius 3 is 1.27 bits per heavy atom. The fraction of sp³-hybridized carbons (Fsp3) is 0.211. The molecule has 4 aromatic carbocycles. The van der Waals surface area contributed by atoms with E-state index in [4.69, 9.17) is 18.9 Å². The summed E-state index contributed by atoms with van der Waals surface area (Å²) in [6.45, 7) is 4.79. The number of nitrogens with zero attached hydrogens (tertiary/aromatic N) is 2. The summed E-state index contributed by atoms with van der Waals surface area (Å²) < 4.78 is 78.6. The van der Waals surface area contributed by atoms with E-state index in [1.807, 2.05) is 86.6 Å². The second-order valence-electron chi connectivity index (χ2n) is 10.8. The van der Waals surface area contributed by atoms with Gasteiger partial charge in [0, 0.05) is 23.3 Å². The van der Waals surface area contributed by atoms with E-state index in [0.717, 1.165) is 0 Å². The summed E-state index contributed by atoms with van der Waals surface area (Å²) in [4.78, 5) is 0. The van der Waals surface area contributed by atoms with Crippen molar-refractivity contribution < 1.29 is 58.2 Å². The van der Waals surface area contributed by atoms with E-state index in [2.05, 4.69) is 0 Å². The van der Waals surface area contributed by atoms with Crippen LogP contribution >= 0.6 is 0 Å². The number of benzene rings is 2. The molecule has 2 aliphatic heterocycles. The minimum Gasteiger partial charge on any atom is -0.368 e. The quantitative estimate of drug-likeness (QED) is 0.105. The second-order valence-corrected chi connectivity index (χ2v) is 10.8. The summed E-state index contributed by atoms with van der Waals surface area (Å²) in [6, 6.07) is 36.2. The molecule has 4 atom stereocenters. The molecule has 0 bridgehead atoms. The van der Waals surface area contributed by atoms with E-state index >= 15 is 0 Å². The number of halogens is 4. The molecule has 252 valence electrons. The SMILES string of the molecule is CC1COC(c2cccn2-c2ccc(F)[c-]c2F)O1.CC1COC(c2cccn2-c2ccc(F)[c-]c2F)O1.[Ti+4].c1cc[cH-]c1.c1cc[cH-]c1. The van der Waals surface area contributed by atoms with Gasteiger partial charge in [-0.05, 0) is 61.9 Å². The van der Waals surface area contributed by atoms with Crippen molar-refractivity contribution >= 4 is 0 Å². The van der Waals surface area contributed by atoms with Crippen molar-refractivity contribution in [3.05, 3.63) is 168 Å². The molecule has 49 heavy (non-hydrogen) atoms. The van der Waals surface area contributed by atoms with Crippen molar-refractivity contribution in [2.24, 2.45) is 0 Å². The predicted molar refractivity (Wildman–Crippen MR) is 172 cm³/mol. The zero-order valence-electron chi connectivity index (χ0n) is 26.8. The molecule has 2 saturated heterocycles. The van der Waals surface area contributed by atoms with Crippen LogP contribution in [0, 0.1) is 35.4 Å². The normalized spacial score (nSPS) is 19.4. The van der Waals surface area contributed by atoms with Crippen LogP contribution in [0.1, 0.15) is 37.8 Å². The molecule has 2 aromatic heterocycles. The molecule has 6 aromatic rings. The Bertz CT molecular complexity index is 1640. The number of rotatable bonds is 4. The molecule has 11 heteroatoms. The summed E-state index contributed by atoms with van der Waals surface area (Å²) >= 11 is 0. The van der Waals surface area contributed by atoms with Crippen molar-refractivity contribution in [2.45, 2.75) is 38.6 Å². The zero-order chi connectivity index (χ0) is 33.9. The Kier molecular flexibility index (Phi) is 14.4. The van der Waals surface area contributed by atoms with Crippen LogP contribution in [0.2, 0.25) is 0 Å². The van der Waals surface area contributed by atoms with Crippen molar-refractivity contribution in [1.29, 1.82) is 0 Å². The van der Waals surface area contributed by atoms with Crippen LogP contribution in [-0.2, 0) is 40.7 Å². The van der Waals surface area contributed by atoms with E-state index in [0.29, 0.717) is 24.6 Å². The van der Waals surface area contributed by atoms with Gasteiger partial charge < -0.3 is 28.1 Å². The van der Waals surface area contributed by atoms with Crippen LogP contribution in [0.3, 0.4) is 0 Å². The molecule has 0 radical (unpaired) electrons. The molecule has 0 saturated carbocycles. The Morgan fingerprint density at radius 1 is 0.592 bits per heavy atom. The van der Waals surface area contributed by atoms with E-state index in [-0.39, 0.29) is 45.3 Å². The van der Waals surface area contributed by atoms with Gasteiger partial charge in [-0.2, -0.15) is 36.4 Å². The van der Waals surface area contributed by atoms with E-state index in [1.165, 1.54) is 24.3 Å². The number of hydrogen-bond donors (Lipinski definition) is 0. The number of ether oxygens (including phenoxy) is 4. The van der Waals surface area contributed by atoms with Crippen LogP contribution < -0.4 is 0 Å². The number of aromatic nitrogens is 2. The van der Waals surface area contributed by atoms with Gasteiger partial charge in [-0.1, -0.05) is 0 Å². The molecule has 0 aliphatic carbocycles. The summed E-state index contributed by atoms with van der Waals surface area (Å²) in [5.41, 5.74) is 1.77. The van der Waals surface area contributed by atoms with Gasteiger partial charge in [0.05, 0.1) is 36.8 Å². The number of hydrogen-bond acceptors (Lipinski definition) is 4. The average Bonchev–Trinajstić information content (AvgIpc) is 3.90. The Hall–Kier alpha value is -4.03. The third-order valence-electron chi connectivity index (χ3n) is 7.03. The molecule has 0 amide bonds. The molecule has 8 rings (SSSR count). The molecule has 0 N–H and O–H groups in total. The minimum absolute atomic E-state index is 0. The fourth-order valence-electron chi connectivity index (χ4n) is 4.83. The average molecular weight is 707 g/mol. The Morgan fingerprint density at radius 2 is 0.980 bits per heavy atom. The summed E-state index contributed by atoms with van der Waals surface area (Å²) in [6.07, 6.45) is 2.28. The van der Waals surface area contributed by atoms with Gasteiger partial charge >= 0.3 is 21.7 Å². The van der Waals surface area contributed by atoms with Gasteiger partial charge in [0.15, 0.2) is 12.6 Å². The van der Waals surface area contributed by atoms with Gasteiger partial charge in [0.2, 0.25) is 0 Å². The Balaban J connectivity index is 0.000000169. The van der Waals surface area contributed by atoms with Gasteiger partial charge in [0.25, 0.3) is 0 Å². The van der Waals surface area contributed by atoms with Crippen LogP contribution in [0.25, 0.3) is 11.4 Å². The largest absolute Gasteiger partial charge is 4.00 e. The zero-order valence-corrected chi connectivity index (χ0v) is 28.4. The molecule has 4 unspecified atom stereocenters. The smallest absolute Gasteiger partial charge is 0.368 e. The van der Waals surface area contributed by atoms with Gasteiger partial charge in [-0.25, -0.2) is 41.8 Å². The first kappa shape index (κ1) is 37.8. The maximum Gasteiger partial charge on any atom is 4.00 e. The molecular weight excluding hydrogens is 672 g/mol. The van der Waals surface area contributed by atoms with Crippen molar-refractivity contribution in [2.75, 3.05) is 13.2 Å². The minimum atomic E-state index is -0.747. The topological polar surface area (TPSA) is 46.8 Å². The molecule has 4 heterocycles. The fourth-order valence-corrected chi connectivity index (χ4v) is 4.83. The van der Waals surface area contributed by atoms with E-state index in [1.54, 1.807) is 45.8 Å². The first-order valence-electron chi connectivity index (χ1n) is 15.3. The van der Waals surface area contributed by atoms with Gasteiger partial charge in [-0.3, -0.25) is 0 Å². The van der Waals surface area contributed by atoms with Crippen LogP contribution in [0.4, 0.5) is 17.6 Å². The van der Waals surface area contributed by atoms with Crippen LogP contribution in [-0.4, -0.2) is 34.6 Å². The maximum atomic E-state index is 13.8. The maximum absolute atomic E-state index is 13.8. The first-order valence-corrected chi connectivity index (χ1v) is 15.3. The summed E-state index contributed by atoms with van der Waals surface area (Å²) in [7, 11) is 0. The molecule has 0 spiro atoms. The van der Waals surface area contributed by atoms with Crippen LogP contribution in [0.5, 0.6) is 0 Å². The monoisotopic (exact) mass is 706 g/mol. The Labute approximate surface area is 298 Å². The first-order chi connectivity index (χ1) is 23.3. The van der Waals surface area contributed by atoms with Crippen LogP contribution in [0.15, 0.2) is 122 Å².